The third kappa shape index (κ3) is 3.84. The van der Waals surface area contributed by atoms with Gasteiger partial charge >= 0.3 is 0 Å². The number of para-hydroxylation sites is 2. The van der Waals surface area contributed by atoms with E-state index in [4.69, 9.17) is 16.6 Å². The van der Waals surface area contributed by atoms with Gasteiger partial charge in [-0.05, 0) is 35.6 Å². The zero-order chi connectivity index (χ0) is 21.5. The average molecular weight is 421 g/mol. The molecule has 2 aromatic carbocycles. The molecule has 1 aliphatic heterocycles. The van der Waals surface area contributed by atoms with E-state index in [0.717, 1.165) is 11.3 Å². The Labute approximate surface area is 182 Å². The van der Waals surface area contributed by atoms with Gasteiger partial charge < -0.3 is 4.90 Å². The summed E-state index contributed by atoms with van der Waals surface area (Å²) in [5.74, 6) is -0.642. The van der Waals surface area contributed by atoms with Gasteiger partial charge in [-0.3, -0.25) is 14.6 Å². The molecule has 1 saturated carbocycles. The normalized spacial score (nSPS) is 23.2. The molecule has 154 valence electrons. The van der Waals surface area contributed by atoms with Crippen molar-refractivity contribution in [2.24, 2.45) is 16.3 Å². The summed E-state index contributed by atoms with van der Waals surface area (Å²) >= 11 is 6.89. The lowest BCUT2D eigenvalue weighted by molar-refractivity contribution is -0.124. The van der Waals surface area contributed by atoms with Crippen molar-refractivity contribution < 1.29 is 9.59 Å². The van der Waals surface area contributed by atoms with Gasteiger partial charge in [0.2, 0.25) is 5.91 Å². The summed E-state index contributed by atoms with van der Waals surface area (Å²) in [5.41, 5.74) is 2.93. The highest BCUT2D eigenvalue weighted by atomic mass is 35.5. The molecule has 0 bridgehead atoms. The first-order valence-corrected chi connectivity index (χ1v) is 10.6. The molecule has 0 spiro atoms. The molecular weight excluding hydrogens is 396 g/mol. The number of halogens is 1. The van der Waals surface area contributed by atoms with E-state index < -0.39 is 12.0 Å². The van der Waals surface area contributed by atoms with E-state index in [1.165, 1.54) is 6.92 Å². The number of carbonyl (C=O) groups excluding carboxylic acids is 2. The SMILES string of the molecule is CC(=O)N1c2ccccc2N=C2CC(C)(C)CC(=O)C2C1C(Cl)=Cc1ccccc1. The number of hydrogen-bond donors (Lipinski definition) is 0. The zero-order valence-corrected chi connectivity index (χ0v) is 18.2. The average Bonchev–Trinajstić information content (AvgIpc) is 2.82. The minimum absolute atomic E-state index is 0.0775. The van der Waals surface area contributed by atoms with Gasteiger partial charge in [-0.1, -0.05) is 67.9 Å². The molecule has 0 N–H and O–H groups in total. The summed E-state index contributed by atoms with van der Waals surface area (Å²) in [6, 6.07) is 16.6. The second-order valence-electron chi connectivity index (χ2n) is 8.83. The number of rotatable bonds is 2. The lowest BCUT2D eigenvalue weighted by Crippen LogP contribution is -2.52. The maximum atomic E-state index is 13.4. The quantitative estimate of drug-likeness (QED) is 0.618. The smallest absolute Gasteiger partial charge is 0.224 e. The lowest BCUT2D eigenvalue weighted by atomic mass is 9.68. The number of benzene rings is 2. The minimum atomic E-state index is -0.615. The van der Waals surface area contributed by atoms with Crippen molar-refractivity contribution in [1.29, 1.82) is 0 Å². The fourth-order valence-electron chi connectivity index (χ4n) is 4.56. The van der Waals surface area contributed by atoms with Crippen LogP contribution in [0.5, 0.6) is 0 Å². The Morgan fingerprint density at radius 2 is 1.77 bits per heavy atom. The molecule has 2 aromatic rings. The summed E-state index contributed by atoms with van der Waals surface area (Å²) in [7, 11) is 0. The summed E-state index contributed by atoms with van der Waals surface area (Å²) in [6.07, 6.45) is 2.97. The molecule has 2 unspecified atom stereocenters. The van der Waals surface area contributed by atoms with E-state index in [1.54, 1.807) is 4.90 Å². The largest absolute Gasteiger partial charge is 0.301 e. The summed E-state index contributed by atoms with van der Waals surface area (Å²) in [5, 5.41) is 0.457. The van der Waals surface area contributed by atoms with Gasteiger partial charge in [-0.2, -0.15) is 0 Å². The van der Waals surface area contributed by atoms with Crippen molar-refractivity contribution >= 4 is 46.5 Å². The Hall–Kier alpha value is -2.72. The van der Waals surface area contributed by atoms with Crippen molar-refractivity contribution in [2.75, 3.05) is 4.90 Å². The molecule has 4 rings (SSSR count). The first kappa shape index (κ1) is 20.5. The number of fused-ring (bicyclic) bond motifs is 2. The van der Waals surface area contributed by atoms with E-state index in [9.17, 15) is 9.59 Å². The Kier molecular flexibility index (Phi) is 5.37. The summed E-state index contributed by atoms with van der Waals surface area (Å²) in [4.78, 5) is 32.8. The Balaban J connectivity index is 1.93. The maximum Gasteiger partial charge on any atom is 0.224 e. The molecule has 4 nitrogen and oxygen atoms in total. The molecule has 2 atom stereocenters. The molecule has 0 saturated heterocycles. The third-order valence-corrected chi connectivity index (χ3v) is 6.08. The van der Waals surface area contributed by atoms with Crippen LogP contribution in [0, 0.1) is 11.3 Å². The topological polar surface area (TPSA) is 49.7 Å². The van der Waals surface area contributed by atoms with Crippen LogP contribution in [-0.2, 0) is 9.59 Å². The summed E-state index contributed by atoms with van der Waals surface area (Å²) in [6.45, 7) is 5.68. The van der Waals surface area contributed by atoms with Gasteiger partial charge in [0, 0.05) is 24.1 Å². The van der Waals surface area contributed by atoms with Gasteiger partial charge in [-0.25, -0.2) is 0 Å². The van der Waals surface area contributed by atoms with Crippen LogP contribution < -0.4 is 4.90 Å². The Bertz CT molecular complexity index is 1060. The predicted octanol–water partition coefficient (Wildman–Crippen LogP) is 5.78. The van der Waals surface area contributed by atoms with Crippen LogP contribution in [0.15, 0.2) is 64.6 Å². The van der Waals surface area contributed by atoms with E-state index >= 15 is 0 Å². The molecule has 1 heterocycles. The van der Waals surface area contributed by atoms with Crippen molar-refractivity contribution in [3.05, 3.63) is 65.2 Å². The number of Topliss-reactive ketones (excluding diaryl/α,β-unsaturated/α-hetero) is 1. The first-order valence-electron chi connectivity index (χ1n) is 10.2. The summed E-state index contributed by atoms with van der Waals surface area (Å²) < 4.78 is 0. The monoisotopic (exact) mass is 420 g/mol. The van der Waals surface area contributed by atoms with Crippen molar-refractivity contribution in [2.45, 2.75) is 39.7 Å². The van der Waals surface area contributed by atoms with E-state index in [2.05, 4.69) is 13.8 Å². The van der Waals surface area contributed by atoms with Crippen LogP contribution in [0.4, 0.5) is 11.4 Å². The molecule has 1 aliphatic carbocycles. The first-order chi connectivity index (χ1) is 14.3. The van der Waals surface area contributed by atoms with Crippen LogP contribution in [-0.4, -0.2) is 23.4 Å². The predicted molar refractivity (Wildman–Crippen MR) is 122 cm³/mol. The lowest BCUT2D eigenvalue weighted by Gasteiger charge is -2.40. The molecule has 0 aromatic heterocycles. The van der Waals surface area contributed by atoms with Gasteiger partial charge in [0.15, 0.2) is 0 Å². The fourth-order valence-corrected chi connectivity index (χ4v) is 4.91. The number of hydrogen-bond acceptors (Lipinski definition) is 3. The fraction of sp³-hybridized carbons (Fsp3) is 0.320. The maximum absolute atomic E-state index is 13.4. The van der Waals surface area contributed by atoms with Crippen molar-refractivity contribution in [3.8, 4) is 0 Å². The molecule has 0 radical (unpaired) electrons. The standard InChI is InChI=1S/C25H25ClN2O2/c1-16(29)28-21-12-8-7-11-19(21)27-20-14-25(2,3)15-22(30)23(20)24(28)18(26)13-17-9-5-4-6-10-17/h4-13,23-24H,14-15H2,1-3H3. The van der Waals surface area contributed by atoms with Gasteiger partial charge in [0.25, 0.3) is 0 Å². The zero-order valence-electron chi connectivity index (χ0n) is 17.4. The molecule has 2 aliphatic rings. The highest BCUT2D eigenvalue weighted by Gasteiger charge is 2.47. The molecule has 1 fully saturated rings. The molecular formula is C25H25ClN2O2. The van der Waals surface area contributed by atoms with Crippen LogP contribution in [0.25, 0.3) is 6.08 Å². The number of anilines is 1. The van der Waals surface area contributed by atoms with Crippen molar-refractivity contribution in [1.82, 2.24) is 0 Å². The Morgan fingerprint density at radius 3 is 2.47 bits per heavy atom. The van der Waals surface area contributed by atoms with Gasteiger partial charge in [-0.15, -0.1) is 0 Å². The van der Waals surface area contributed by atoms with Crippen LogP contribution in [0.2, 0.25) is 0 Å². The molecule has 30 heavy (non-hydrogen) atoms. The Morgan fingerprint density at radius 1 is 1.10 bits per heavy atom. The van der Waals surface area contributed by atoms with Gasteiger partial charge in [0.05, 0.1) is 23.3 Å². The number of ketones is 1. The highest BCUT2D eigenvalue weighted by molar-refractivity contribution is 6.34. The van der Waals surface area contributed by atoms with Crippen molar-refractivity contribution in [3.63, 3.8) is 0 Å². The number of amides is 1. The van der Waals surface area contributed by atoms with Crippen LogP contribution in [0.3, 0.4) is 0 Å². The number of carbonyl (C=O) groups is 2. The van der Waals surface area contributed by atoms with E-state index in [0.29, 0.717) is 29.2 Å². The minimum Gasteiger partial charge on any atom is -0.301 e. The van der Waals surface area contributed by atoms with Crippen LogP contribution in [0.1, 0.15) is 39.2 Å². The number of nitrogens with zero attached hydrogens (tertiary/aromatic N) is 2. The number of aliphatic imine (C=N–C) groups is 1. The second kappa shape index (κ2) is 7.84. The molecule has 5 heteroatoms. The third-order valence-electron chi connectivity index (χ3n) is 5.74. The van der Waals surface area contributed by atoms with Crippen LogP contribution >= 0.6 is 11.6 Å². The van der Waals surface area contributed by atoms with Gasteiger partial charge in [0.1, 0.15) is 5.78 Å². The van der Waals surface area contributed by atoms with E-state index in [1.807, 2.05) is 60.7 Å². The second-order valence-corrected chi connectivity index (χ2v) is 9.26. The van der Waals surface area contributed by atoms with E-state index in [-0.39, 0.29) is 17.1 Å². The molecule has 1 amide bonds. The highest BCUT2D eigenvalue weighted by Crippen LogP contribution is 2.45.